The van der Waals surface area contributed by atoms with E-state index in [2.05, 4.69) is 11.9 Å². The van der Waals surface area contributed by atoms with E-state index in [1.54, 1.807) is 24.3 Å². The van der Waals surface area contributed by atoms with Gasteiger partial charge in [-0.3, -0.25) is 9.59 Å². The number of anilines is 1. The Hall–Kier alpha value is -2.17. The molecule has 4 nitrogen and oxygen atoms in total. The summed E-state index contributed by atoms with van der Waals surface area (Å²) in [6.45, 7) is 5.43. The summed E-state index contributed by atoms with van der Waals surface area (Å²) in [5, 5.41) is 2.60. The zero-order chi connectivity index (χ0) is 14.8. The maximum Gasteiger partial charge on any atom is 0.253 e. The number of benzene rings is 1. The van der Waals surface area contributed by atoms with Crippen molar-refractivity contribution in [2.45, 2.75) is 19.0 Å². The number of hydrogen-bond donors (Lipinski definition) is 1. The molecule has 5 heteroatoms. The second kappa shape index (κ2) is 5.45. The lowest BCUT2D eigenvalue weighted by Gasteiger charge is -2.17. The number of alkyl halides is 1. The number of likely N-dealkylation sites (tertiary alicyclic amines) is 1. The Labute approximate surface area is 117 Å². The van der Waals surface area contributed by atoms with E-state index in [9.17, 15) is 14.0 Å². The van der Waals surface area contributed by atoms with Gasteiger partial charge in [0, 0.05) is 24.2 Å². The Balaban J connectivity index is 2.05. The van der Waals surface area contributed by atoms with Gasteiger partial charge in [-0.05, 0) is 37.3 Å². The zero-order valence-electron chi connectivity index (χ0n) is 11.4. The van der Waals surface area contributed by atoms with E-state index in [4.69, 9.17) is 0 Å². The molecule has 0 bridgehead atoms. The van der Waals surface area contributed by atoms with E-state index in [0.717, 1.165) is 0 Å². The lowest BCUT2D eigenvalue weighted by atomic mass is 10.1. The van der Waals surface area contributed by atoms with Crippen molar-refractivity contribution in [3.8, 4) is 0 Å². The smallest absolute Gasteiger partial charge is 0.253 e. The Kier molecular flexibility index (Phi) is 3.88. The van der Waals surface area contributed by atoms with Crippen molar-refractivity contribution in [1.82, 2.24) is 4.90 Å². The molecule has 0 spiro atoms. The Bertz CT molecular complexity index is 537. The fourth-order valence-electron chi connectivity index (χ4n) is 2.17. The van der Waals surface area contributed by atoms with Crippen LogP contribution in [0.1, 0.15) is 23.7 Å². The summed E-state index contributed by atoms with van der Waals surface area (Å²) in [5.41, 5.74) is -0.226. The van der Waals surface area contributed by atoms with Gasteiger partial charge in [-0.2, -0.15) is 0 Å². The first kappa shape index (κ1) is 14.2. The maximum atomic E-state index is 13.7. The van der Waals surface area contributed by atoms with Gasteiger partial charge in [0.15, 0.2) is 0 Å². The maximum absolute atomic E-state index is 13.7. The lowest BCUT2D eigenvalue weighted by molar-refractivity contribution is -0.111. The van der Waals surface area contributed by atoms with E-state index in [1.165, 1.54) is 17.9 Å². The minimum atomic E-state index is -1.30. The number of nitrogens with one attached hydrogen (secondary N) is 1. The average molecular weight is 276 g/mol. The normalized spacial score (nSPS) is 21.6. The van der Waals surface area contributed by atoms with Crippen LogP contribution >= 0.6 is 0 Å². The third-order valence-electron chi connectivity index (χ3n) is 3.30. The van der Waals surface area contributed by atoms with Gasteiger partial charge in [0.2, 0.25) is 5.91 Å². The van der Waals surface area contributed by atoms with Gasteiger partial charge in [-0.15, -0.1) is 0 Å². The summed E-state index contributed by atoms with van der Waals surface area (Å²) < 4.78 is 13.7. The number of halogens is 1. The van der Waals surface area contributed by atoms with E-state index in [1.807, 2.05) is 0 Å². The van der Waals surface area contributed by atoms with Crippen LogP contribution in [0.3, 0.4) is 0 Å². The quantitative estimate of drug-likeness (QED) is 0.862. The molecule has 0 aliphatic carbocycles. The van der Waals surface area contributed by atoms with E-state index >= 15 is 0 Å². The molecular formula is C15H17FN2O2. The van der Waals surface area contributed by atoms with Crippen LogP contribution < -0.4 is 5.32 Å². The van der Waals surface area contributed by atoms with Crippen LogP contribution in [0.15, 0.2) is 36.9 Å². The molecule has 1 aliphatic rings. The first-order valence-corrected chi connectivity index (χ1v) is 6.43. The number of amides is 2. The Morgan fingerprint density at radius 3 is 2.55 bits per heavy atom. The minimum Gasteiger partial charge on any atom is -0.335 e. The van der Waals surface area contributed by atoms with Gasteiger partial charge in [0.25, 0.3) is 5.91 Å². The summed E-state index contributed by atoms with van der Waals surface area (Å²) in [6, 6.07) is 6.52. The number of hydrogen-bond acceptors (Lipinski definition) is 2. The van der Waals surface area contributed by atoms with Crippen LogP contribution in [0.2, 0.25) is 0 Å². The molecule has 1 aliphatic heterocycles. The molecule has 1 fully saturated rings. The number of nitrogens with zero attached hydrogens (tertiary/aromatic N) is 1. The molecule has 1 aromatic carbocycles. The van der Waals surface area contributed by atoms with Crippen LogP contribution in [0.25, 0.3) is 0 Å². The van der Waals surface area contributed by atoms with Gasteiger partial charge in [-0.25, -0.2) is 4.39 Å². The van der Waals surface area contributed by atoms with E-state index in [-0.39, 0.29) is 18.4 Å². The van der Waals surface area contributed by atoms with Crippen LogP contribution in [0.4, 0.5) is 10.1 Å². The fraction of sp³-hybridized carbons (Fsp3) is 0.333. The van der Waals surface area contributed by atoms with Crippen molar-refractivity contribution in [2.75, 3.05) is 18.4 Å². The minimum absolute atomic E-state index is 0.126. The molecule has 1 aromatic rings. The van der Waals surface area contributed by atoms with E-state index < -0.39 is 5.67 Å². The molecule has 1 unspecified atom stereocenters. The molecule has 20 heavy (non-hydrogen) atoms. The molecule has 1 saturated heterocycles. The first-order chi connectivity index (χ1) is 9.41. The molecule has 1 N–H and O–H groups in total. The van der Waals surface area contributed by atoms with Crippen LogP contribution in [-0.2, 0) is 4.79 Å². The van der Waals surface area contributed by atoms with Crippen molar-refractivity contribution in [2.24, 2.45) is 0 Å². The Morgan fingerprint density at radius 1 is 1.40 bits per heavy atom. The van der Waals surface area contributed by atoms with Gasteiger partial charge in [0.1, 0.15) is 5.67 Å². The molecule has 2 rings (SSSR count). The third-order valence-corrected chi connectivity index (χ3v) is 3.30. The van der Waals surface area contributed by atoms with Crippen molar-refractivity contribution in [3.05, 3.63) is 42.5 Å². The molecule has 0 radical (unpaired) electrons. The van der Waals surface area contributed by atoms with Gasteiger partial charge in [-0.1, -0.05) is 6.58 Å². The molecule has 1 heterocycles. The second-order valence-electron chi connectivity index (χ2n) is 5.16. The zero-order valence-corrected chi connectivity index (χ0v) is 11.4. The summed E-state index contributed by atoms with van der Waals surface area (Å²) in [5.74, 6) is -0.496. The highest BCUT2D eigenvalue weighted by atomic mass is 19.1. The van der Waals surface area contributed by atoms with Crippen molar-refractivity contribution in [1.29, 1.82) is 0 Å². The van der Waals surface area contributed by atoms with E-state index in [0.29, 0.717) is 24.2 Å². The molecule has 0 saturated carbocycles. The predicted octanol–water partition coefficient (Wildman–Crippen LogP) is 2.39. The fourth-order valence-corrected chi connectivity index (χ4v) is 2.17. The predicted molar refractivity (Wildman–Crippen MR) is 75.3 cm³/mol. The molecule has 106 valence electrons. The highest BCUT2D eigenvalue weighted by Crippen LogP contribution is 2.26. The number of carbonyl (C=O) groups is 2. The highest BCUT2D eigenvalue weighted by Gasteiger charge is 2.36. The summed E-state index contributed by atoms with van der Waals surface area (Å²) in [4.78, 5) is 24.8. The number of carbonyl (C=O) groups excluding carboxylic acids is 2. The molecular weight excluding hydrogens is 259 g/mol. The monoisotopic (exact) mass is 276 g/mol. The molecule has 0 aromatic heterocycles. The topological polar surface area (TPSA) is 49.4 Å². The van der Waals surface area contributed by atoms with Crippen molar-refractivity contribution >= 4 is 17.5 Å². The van der Waals surface area contributed by atoms with Crippen molar-refractivity contribution in [3.63, 3.8) is 0 Å². The second-order valence-corrected chi connectivity index (χ2v) is 5.16. The average Bonchev–Trinajstić information content (AvgIpc) is 2.79. The summed E-state index contributed by atoms with van der Waals surface area (Å²) in [6.07, 6.45) is 1.54. The SMILES string of the molecule is C=CC(=O)Nc1ccc(C(=O)N2CCC(C)(F)C2)cc1. The van der Waals surface area contributed by atoms with Crippen LogP contribution in [-0.4, -0.2) is 35.5 Å². The highest BCUT2D eigenvalue weighted by molar-refractivity contribution is 5.99. The lowest BCUT2D eigenvalue weighted by Crippen LogP contribution is -2.31. The largest absolute Gasteiger partial charge is 0.335 e. The molecule has 1 atom stereocenters. The summed E-state index contributed by atoms with van der Waals surface area (Å²) >= 11 is 0. The molecule has 2 amide bonds. The van der Waals surface area contributed by atoms with Gasteiger partial charge >= 0.3 is 0 Å². The van der Waals surface area contributed by atoms with Gasteiger partial charge < -0.3 is 10.2 Å². The van der Waals surface area contributed by atoms with Crippen LogP contribution in [0.5, 0.6) is 0 Å². The van der Waals surface area contributed by atoms with Crippen LogP contribution in [0, 0.1) is 0 Å². The third kappa shape index (κ3) is 3.23. The van der Waals surface area contributed by atoms with Crippen molar-refractivity contribution < 1.29 is 14.0 Å². The van der Waals surface area contributed by atoms with Gasteiger partial charge in [0.05, 0.1) is 6.54 Å². The Morgan fingerprint density at radius 2 is 2.05 bits per heavy atom. The standard InChI is InChI=1S/C15H17FN2O2/c1-3-13(19)17-12-6-4-11(5-7-12)14(20)18-9-8-15(2,16)10-18/h3-7H,1,8-10H2,2H3,(H,17,19). The first-order valence-electron chi connectivity index (χ1n) is 6.43. The summed E-state index contributed by atoms with van der Waals surface area (Å²) in [7, 11) is 0. The number of rotatable bonds is 3.